The standard InChI is InChI=1S/C12H16Br2N5O10P3/c13-12(14)27-31(22,23)29-32(24,25)28-30(20,21)6-26-8-2-1-7(3-8)19-5-18-9-10(15)16-4-17-11(9)19/h1-2,4-5,7-8,12H,3,6H2,(H,20,21)(H,22,23)(H,24,25)(H2,15,16,17)/t7-,8+/m1/s1. The Morgan fingerprint density at radius 2 is 1.84 bits per heavy atom. The molecule has 5 N–H and O–H groups in total. The van der Waals surface area contributed by atoms with Gasteiger partial charge in [0, 0.05) is 6.42 Å². The van der Waals surface area contributed by atoms with E-state index in [4.69, 9.17) is 10.5 Å². The minimum atomic E-state index is -5.47. The Morgan fingerprint density at radius 3 is 2.53 bits per heavy atom. The van der Waals surface area contributed by atoms with Crippen LogP contribution in [0.2, 0.25) is 0 Å². The Balaban J connectivity index is 1.57. The second kappa shape index (κ2) is 9.98. The molecule has 0 bridgehead atoms. The topological polar surface area (TPSA) is 218 Å². The molecule has 0 saturated carbocycles. The summed E-state index contributed by atoms with van der Waals surface area (Å²) in [5, 5.41) is 0. The van der Waals surface area contributed by atoms with E-state index in [1.807, 2.05) is 0 Å². The second-order valence-corrected chi connectivity index (χ2v) is 14.0. The summed E-state index contributed by atoms with van der Waals surface area (Å²) in [4.78, 5) is 40.8. The van der Waals surface area contributed by atoms with E-state index < -0.39 is 39.6 Å². The maximum atomic E-state index is 12.1. The van der Waals surface area contributed by atoms with Crippen molar-refractivity contribution in [3.8, 4) is 0 Å². The fourth-order valence-corrected chi connectivity index (χ4v) is 7.64. The third-order valence-electron chi connectivity index (χ3n) is 3.87. The zero-order chi connectivity index (χ0) is 23.7. The van der Waals surface area contributed by atoms with Gasteiger partial charge in [-0.05, 0) is 31.9 Å². The van der Waals surface area contributed by atoms with E-state index in [2.05, 4.69) is 60.0 Å². The molecule has 20 heteroatoms. The average molecular weight is 643 g/mol. The summed E-state index contributed by atoms with van der Waals surface area (Å²) in [5.74, 6) is 0.221. The normalized spacial score (nSPS) is 24.4. The predicted octanol–water partition coefficient (Wildman–Crippen LogP) is 2.76. The van der Waals surface area contributed by atoms with Crippen LogP contribution < -0.4 is 5.73 Å². The third kappa shape index (κ3) is 6.98. The van der Waals surface area contributed by atoms with Gasteiger partial charge in [0.1, 0.15) is 18.2 Å². The summed E-state index contributed by atoms with van der Waals surface area (Å²) in [6.07, 6.45) is 4.84. The zero-order valence-corrected chi connectivity index (χ0v) is 21.5. The maximum absolute atomic E-state index is 12.1. The van der Waals surface area contributed by atoms with Crippen LogP contribution in [0.5, 0.6) is 0 Å². The van der Waals surface area contributed by atoms with E-state index in [9.17, 15) is 28.4 Å². The zero-order valence-electron chi connectivity index (χ0n) is 15.6. The lowest BCUT2D eigenvalue weighted by Gasteiger charge is -2.20. The lowest BCUT2D eigenvalue weighted by Crippen LogP contribution is -2.13. The molecule has 3 rings (SSSR count). The van der Waals surface area contributed by atoms with Gasteiger partial charge in [0.2, 0.25) is 0 Å². The summed E-state index contributed by atoms with van der Waals surface area (Å²) in [5.41, 5.74) is 6.68. The Labute approximate surface area is 197 Å². The van der Waals surface area contributed by atoms with Crippen LogP contribution in [-0.2, 0) is 31.6 Å². The van der Waals surface area contributed by atoms with Crippen LogP contribution in [0.15, 0.2) is 24.8 Å². The number of hydrogen-bond donors (Lipinski definition) is 4. The van der Waals surface area contributed by atoms with E-state index >= 15 is 0 Å². The Kier molecular flexibility index (Phi) is 8.13. The molecule has 0 fully saturated rings. The molecule has 0 aromatic carbocycles. The van der Waals surface area contributed by atoms with Crippen molar-refractivity contribution in [1.82, 2.24) is 19.5 Å². The number of allylic oxidation sites excluding steroid dienone is 1. The van der Waals surface area contributed by atoms with Crippen molar-refractivity contribution in [3.63, 3.8) is 0 Å². The Bertz CT molecular complexity index is 1160. The molecule has 15 nitrogen and oxygen atoms in total. The van der Waals surface area contributed by atoms with E-state index in [0.29, 0.717) is 17.6 Å². The van der Waals surface area contributed by atoms with Crippen LogP contribution in [0.25, 0.3) is 11.2 Å². The van der Waals surface area contributed by atoms with Gasteiger partial charge in [-0.1, -0.05) is 12.2 Å². The van der Waals surface area contributed by atoms with Crippen molar-refractivity contribution >= 4 is 72.1 Å². The molecule has 2 aromatic rings. The van der Waals surface area contributed by atoms with E-state index in [0.717, 1.165) is 0 Å². The minimum absolute atomic E-state index is 0.221. The van der Waals surface area contributed by atoms with Crippen molar-refractivity contribution < 1.29 is 46.3 Å². The second-order valence-electron chi connectivity index (χ2n) is 6.21. The molecular formula is C12H16Br2N5O10P3. The van der Waals surface area contributed by atoms with Gasteiger partial charge in [-0.15, -0.1) is 0 Å². The van der Waals surface area contributed by atoms with Gasteiger partial charge in [-0.2, -0.15) is 4.31 Å². The Hall–Kier alpha value is -0.540. The number of ether oxygens (including phenoxy) is 1. The SMILES string of the molecule is Nc1ncnc2c1ncn2[C@@H]1C=C[C@H](OCP(=O)(O)OP(=O)(O)OP(=O)(O)OC(Br)Br)C1. The first-order valence-electron chi connectivity index (χ1n) is 8.36. The molecule has 1 aliphatic rings. The quantitative estimate of drug-likeness (QED) is 0.166. The first-order valence-corrected chi connectivity index (χ1v) is 14.9. The summed E-state index contributed by atoms with van der Waals surface area (Å²) in [7, 11) is -15.4. The van der Waals surface area contributed by atoms with Gasteiger partial charge in [-0.25, -0.2) is 28.4 Å². The molecule has 0 aliphatic heterocycles. The number of rotatable bonds is 10. The molecule has 32 heavy (non-hydrogen) atoms. The number of nitrogen functional groups attached to an aromatic ring is 1. The van der Waals surface area contributed by atoms with Gasteiger partial charge < -0.3 is 29.7 Å². The fraction of sp³-hybridized carbons (Fsp3) is 0.417. The molecule has 178 valence electrons. The first kappa shape index (κ1) is 26.1. The van der Waals surface area contributed by atoms with Gasteiger partial charge in [0.05, 0.1) is 18.5 Å². The number of nitrogens with zero attached hydrogens (tertiary/aromatic N) is 4. The van der Waals surface area contributed by atoms with Gasteiger partial charge >= 0.3 is 23.2 Å². The van der Waals surface area contributed by atoms with Crippen LogP contribution in [0.1, 0.15) is 12.5 Å². The molecular weight excluding hydrogens is 627 g/mol. The highest BCUT2D eigenvalue weighted by atomic mass is 79.9. The molecule has 1 aliphatic carbocycles. The number of aromatic nitrogens is 4. The van der Waals surface area contributed by atoms with Crippen LogP contribution in [0.4, 0.5) is 5.82 Å². The number of phosphoric acid groups is 2. The highest BCUT2D eigenvalue weighted by Gasteiger charge is 2.42. The molecule has 0 saturated heterocycles. The molecule has 3 unspecified atom stereocenters. The van der Waals surface area contributed by atoms with Gasteiger partial charge in [0.15, 0.2) is 15.4 Å². The Morgan fingerprint density at radius 1 is 1.12 bits per heavy atom. The van der Waals surface area contributed by atoms with Crippen molar-refractivity contribution in [2.75, 3.05) is 12.1 Å². The third-order valence-corrected chi connectivity index (χ3v) is 9.27. The molecule has 0 radical (unpaired) electrons. The number of alkyl halides is 2. The summed E-state index contributed by atoms with van der Waals surface area (Å²) in [6, 6.07) is -0.260. The van der Waals surface area contributed by atoms with E-state index in [1.54, 1.807) is 16.7 Å². The number of hydrogen-bond acceptors (Lipinski definition) is 11. The van der Waals surface area contributed by atoms with Crippen LogP contribution >= 0.6 is 55.1 Å². The monoisotopic (exact) mass is 641 g/mol. The average Bonchev–Trinajstić information content (AvgIpc) is 3.23. The lowest BCUT2D eigenvalue weighted by atomic mass is 10.2. The van der Waals surface area contributed by atoms with Crippen molar-refractivity contribution in [2.24, 2.45) is 0 Å². The molecule has 2 heterocycles. The summed E-state index contributed by atoms with van der Waals surface area (Å²) < 4.78 is 53.7. The minimum Gasteiger partial charge on any atom is -0.382 e. The lowest BCUT2D eigenvalue weighted by molar-refractivity contribution is 0.101. The summed E-state index contributed by atoms with van der Waals surface area (Å²) in [6.45, 7) is 0. The maximum Gasteiger partial charge on any atom is 0.488 e. The molecule has 5 atom stereocenters. The molecule has 2 aromatic heterocycles. The number of phosphoric ester groups is 1. The molecule has 0 amide bonds. The van der Waals surface area contributed by atoms with Gasteiger partial charge in [-0.3, -0.25) is 9.09 Å². The smallest absolute Gasteiger partial charge is 0.382 e. The number of halogens is 2. The van der Waals surface area contributed by atoms with Crippen LogP contribution in [-0.4, -0.2) is 50.6 Å². The summed E-state index contributed by atoms with van der Waals surface area (Å²) >= 11 is 5.40. The fourth-order valence-electron chi connectivity index (χ4n) is 2.73. The van der Waals surface area contributed by atoms with Crippen molar-refractivity contribution in [3.05, 3.63) is 24.8 Å². The van der Waals surface area contributed by atoms with Crippen molar-refractivity contribution in [1.29, 1.82) is 0 Å². The highest BCUT2D eigenvalue weighted by Crippen LogP contribution is 2.68. The number of nitrogens with two attached hydrogens (primary N) is 1. The first-order chi connectivity index (χ1) is 14.8. The number of anilines is 1. The van der Waals surface area contributed by atoms with Crippen LogP contribution in [0.3, 0.4) is 0 Å². The largest absolute Gasteiger partial charge is 0.488 e. The predicted molar refractivity (Wildman–Crippen MR) is 117 cm³/mol. The van der Waals surface area contributed by atoms with Gasteiger partial charge in [0.25, 0.3) is 0 Å². The molecule has 0 spiro atoms. The number of imidazole rings is 1. The number of fused-ring (bicyclic) bond motifs is 1. The van der Waals surface area contributed by atoms with E-state index in [1.165, 1.54) is 12.7 Å². The van der Waals surface area contributed by atoms with Crippen molar-refractivity contribution in [2.45, 2.75) is 22.5 Å². The van der Waals surface area contributed by atoms with E-state index in [-0.39, 0.29) is 11.9 Å². The highest BCUT2D eigenvalue weighted by molar-refractivity contribution is 9.24. The van der Waals surface area contributed by atoms with Crippen LogP contribution in [0, 0.1) is 0 Å².